The Morgan fingerprint density at radius 1 is 1.41 bits per heavy atom. The van der Waals surface area contributed by atoms with E-state index in [-0.39, 0.29) is 5.91 Å². The first kappa shape index (κ1) is 12.4. The van der Waals surface area contributed by atoms with Crippen molar-refractivity contribution in [2.24, 2.45) is 0 Å². The molecule has 0 aromatic heterocycles. The largest absolute Gasteiger partial charge is 0.343 e. The van der Waals surface area contributed by atoms with Crippen molar-refractivity contribution in [3.63, 3.8) is 0 Å². The maximum absolute atomic E-state index is 11.6. The average Bonchev–Trinajstić information content (AvgIpc) is 2.38. The summed E-state index contributed by atoms with van der Waals surface area (Å²) in [7, 11) is 0. The minimum Gasteiger partial charge on any atom is -0.343 e. The van der Waals surface area contributed by atoms with Crippen LogP contribution >= 0.6 is 11.6 Å². The summed E-state index contributed by atoms with van der Waals surface area (Å²) in [5, 5.41) is 0.801. The number of hydrogen-bond acceptors (Lipinski definition) is 1. The predicted molar refractivity (Wildman–Crippen MR) is 70.3 cm³/mol. The molecule has 0 spiro atoms. The molecule has 0 saturated carbocycles. The third-order valence-corrected chi connectivity index (χ3v) is 3.71. The first-order valence-electron chi connectivity index (χ1n) is 6.24. The highest BCUT2D eigenvalue weighted by atomic mass is 35.5. The quantitative estimate of drug-likeness (QED) is 0.788. The van der Waals surface area contributed by atoms with Gasteiger partial charge >= 0.3 is 0 Å². The summed E-state index contributed by atoms with van der Waals surface area (Å²) in [6.07, 6.45) is 2.71. The Morgan fingerprint density at radius 2 is 2.12 bits per heavy atom. The number of amides is 1. The van der Waals surface area contributed by atoms with Gasteiger partial charge < -0.3 is 4.90 Å². The Hall–Kier alpha value is -1.02. The van der Waals surface area contributed by atoms with Crippen LogP contribution in [-0.2, 0) is 4.79 Å². The summed E-state index contributed by atoms with van der Waals surface area (Å²) in [6, 6.07) is 8.08. The van der Waals surface area contributed by atoms with Gasteiger partial charge in [-0.2, -0.15) is 0 Å². The van der Waals surface area contributed by atoms with E-state index in [9.17, 15) is 4.79 Å². The van der Waals surface area contributed by atoms with Crippen molar-refractivity contribution in [1.82, 2.24) is 4.90 Å². The summed E-state index contributed by atoms with van der Waals surface area (Å²) >= 11 is 6.00. The number of carbonyl (C=O) groups excluding carboxylic acids is 1. The molecule has 92 valence electrons. The van der Waals surface area contributed by atoms with Crippen molar-refractivity contribution in [3.8, 4) is 0 Å². The van der Waals surface area contributed by atoms with Gasteiger partial charge in [0.2, 0.25) is 5.91 Å². The standard InChI is InChI=1S/C14H18ClNO/c1-2-14(17)16-8-6-11(7-9-16)12-4-3-5-13(15)10-12/h3-5,10-11H,2,6-9H2,1H3. The van der Waals surface area contributed by atoms with E-state index in [2.05, 4.69) is 6.07 Å². The third kappa shape index (κ3) is 3.01. The maximum atomic E-state index is 11.6. The fraction of sp³-hybridized carbons (Fsp3) is 0.500. The second kappa shape index (κ2) is 5.54. The van der Waals surface area contributed by atoms with Gasteiger partial charge in [0.15, 0.2) is 0 Å². The van der Waals surface area contributed by atoms with Crippen LogP contribution in [0.5, 0.6) is 0 Å². The normalized spacial score (nSPS) is 17.2. The molecule has 2 rings (SSSR count). The van der Waals surface area contributed by atoms with Crippen LogP contribution in [0, 0.1) is 0 Å². The summed E-state index contributed by atoms with van der Waals surface area (Å²) < 4.78 is 0. The molecule has 0 N–H and O–H groups in total. The Kier molecular flexibility index (Phi) is 4.06. The lowest BCUT2D eigenvalue weighted by Crippen LogP contribution is -2.37. The monoisotopic (exact) mass is 251 g/mol. The minimum absolute atomic E-state index is 0.273. The molecular weight excluding hydrogens is 234 g/mol. The Labute approximate surface area is 108 Å². The number of piperidine rings is 1. The van der Waals surface area contributed by atoms with Crippen molar-refractivity contribution >= 4 is 17.5 Å². The zero-order valence-corrected chi connectivity index (χ0v) is 10.9. The molecule has 1 aliphatic rings. The van der Waals surface area contributed by atoms with E-state index in [1.54, 1.807) is 0 Å². The smallest absolute Gasteiger partial charge is 0.222 e. The first-order valence-corrected chi connectivity index (χ1v) is 6.61. The highest BCUT2D eigenvalue weighted by Gasteiger charge is 2.22. The van der Waals surface area contributed by atoms with Gasteiger partial charge in [-0.15, -0.1) is 0 Å². The van der Waals surface area contributed by atoms with E-state index >= 15 is 0 Å². The van der Waals surface area contributed by atoms with Crippen LogP contribution in [0.15, 0.2) is 24.3 Å². The van der Waals surface area contributed by atoms with E-state index in [1.165, 1.54) is 5.56 Å². The highest BCUT2D eigenvalue weighted by Crippen LogP contribution is 2.29. The lowest BCUT2D eigenvalue weighted by molar-refractivity contribution is -0.131. The number of benzene rings is 1. The second-order valence-corrected chi connectivity index (χ2v) is 5.00. The molecule has 1 fully saturated rings. The molecule has 0 unspecified atom stereocenters. The molecule has 1 aromatic rings. The van der Waals surface area contributed by atoms with E-state index < -0.39 is 0 Å². The molecule has 0 aliphatic carbocycles. The van der Waals surface area contributed by atoms with Crippen LogP contribution in [0.25, 0.3) is 0 Å². The molecule has 1 saturated heterocycles. The van der Waals surface area contributed by atoms with E-state index in [1.807, 2.05) is 30.0 Å². The average molecular weight is 252 g/mol. The Balaban J connectivity index is 1.97. The number of hydrogen-bond donors (Lipinski definition) is 0. The summed E-state index contributed by atoms with van der Waals surface area (Å²) in [5.41, 5.74) is 1.31. The van der Waals surface area contributed by atoms with Crippen LogP contribution < -0.4 is 0 Å². The van der Waals surface area contributed by atoms with Crippen LogP contribution in [-0.4, -0.2) is 23.9 Å². The molecule has 1 amide bonds. The fourth-order valence-electron chi connectivity index (χ4n) is 2.45. The number of nitrogens with zero attached hydrogens (tertiary/aromatic N) is 1. The van der Waals surface area contributed by atoms with Crippen LogP contribution in [0.4, 0.5) is 0 Å². The van der Waals surface area contributed by atoms with Crippen molar-refractivity contribution in [3.05, 3.63) is 34.9 Å². The molecule has 0 bridgehead atoms. The van der Waals surface area contributed by atoms with Crippen molar-refractivity contribution in [2.75, 3.05) is 13.1 Å². The zero-order valence-electron chi connectivity index (χ0n) is 10.2. The van der Waals surface area contributed by atoms with Gasteiger partial charge in [0.25, 0.3) is 0 Å². The Bertz CT molecular complexity index is 397. The van der Waals surface area contributed by atoms with Gasteiger partial charge in [0.1, 0.15) is 0 Å². The molecule has 1 aliphatic heterocycles. The molecule has 2 nitrogen and oxygen atoms in total. The topological polar surface area (TPSA) is 20.3 Å². The van der Waals surface area contributed by atoms with Crippen molar-refractivity contribution in [2.45, 2.75) is 32.1 Å². The van der Waals surface area contributed by atoms with Crippen LogP contribution in [0.2, 0.25) is 5.02 Å². The van der Waals surface area contributed by atoms with Gasteiger partial charge in [-0.3, -0.25) is 4.79 Å². The summed E-state index contributed by atoms with van der Waals surface area (Å²) in [5.74, 6) is 0.823. The number of carbonyl (C=O) groups is 1. The lowest BCUT2D eigenvalue weighted by Gasteiger charge is -2.32. The SMILES string of the molecule is CCC(=O)N1CCC(c2cccc(Cl)c2)CC1. The number of rotatable bonds is 2. The van der Waals surface area contributed by atoms with Gasteiger partial charge in [-0.25, -0.2) is 0 Å². The maximum Gasteiger partial charge on any atom is 0.222 e. The van der Waals surface area contributed by atoms with E-state index in [0.717, 1.165) is 31.0 Å². The van der Waals surface area contributed by atoms with Crippen LogP contribution in [0.1, 0.15) is 37.7 Å². The van der Waals surface area contributed by atoms with Gasteiger partial charge in [0, 0.05) is 24.5 Å². The molecule has 1 aromatic carbocycles. The molecule has 3 heteroatoms. The van der Waals surface area contributed by atoms with E-state index in [4.69, 9.17) is 11.6 Å². The predicted octanol–water partition coefficient (Wildman–Crippen LogP) is 3.46. The van der Waals surface area contributed by atoms with E-state index in [0.29, 0.717) is 12.3 Å². The van der Waals surface area contributed by atoms with Gasteiger partial charge in [-0.05, 0) is 36.5 Å². The van der Waals surface area contributed by atoms with Crippen molar-refractivity contribution in [1.29, 1.82) is 0 Å². The summed E-state index contributed by atoms with van der Waals surface area (Å²) in [4.78, 5) is 13.5. The third-order valence-electron chi connectivity index (χ3n) is 3.47. The first-order chi connectivity index (χ1) is 8.20. The molecular formula is C14H18ClNO. The molecule has 0 radical (unpaired) electrons. The van der Waals surface area contributed by atoms with Crippen LogP contribution in [0.3, 0.4) is 0 Å². The lowest BCUT2D eigenvalue weighted by atomic mass is 9.89. The highest BCUT2D eigenvalue weighted by molar-refractivity contribution is 6.30. The molecule has 1 heterocycles. The van der Waals surface area contributed by atoms with Gasteiger partial charge in [0.05, 0.1) is 0 Å². The zero-order chi connectivity index (χ0) is 12.3. The number of halogens is 1. The second-order valence-electron chi connectivity index (χ2n) is 4.56. The number of likely N-dealkylation sites (tertiary alicyclic amines) is 1. The molecule has 0 atom stereocenters. The molecule has 17 heavy (non-hydrogen) atoms. The minimum atomic E-state index is 0.273. The van der Waals surface area contributed by atoms with Gasteiger partial charge in [-0.1, -0.05) is 30.7 Å². The fourth-order valence-corrected chi connectivity index (χ4v) is 2.65. The Morgan fingerprint density at radius 3 is 2.71 bits per heavy atom. The van der Waals surface area contributed by atoms with Crippen molar-refractivity contribution < 1.29 is 4.79 Å². The summed E-state index contributed by atoms with van der Waals surface area (Å²) in [6.45, 7) is 3.68.